The SMILES string of the molecule is COCCNCC(=O)N(C)CCC(C)C. The molecular weight excluding hydrogens is 192 g/mol. The summed E-state index contributed by atoms with van der Waals surface area (Å²) in [5.74, 6) is 0.786. The summed E-state index contributed by atoms with van der Waals surface area (Å²) in [6.45, 7) is 6.92. The topological polar surface area (TPSA) is 41.6 Å². The highest BCUT2D eigenvalue weighted by atomic mass is 16.5. The predicted molar refractivity (Wildman–Crippen MR) is 61.8 cm³/mol. The van der Waals surface area contributed by atoms with Gasteiger partial charge in [0.15, 0.2) is 0 Å². The first-order chi connectivity index (χ1) is 7.07. The van der Waals surface area contributed by atoms with Crippen LogP contribution >= 0.6 is 0 Å². The highest BCUT2D eigenvalue weighted by Crippen LogP contribution is 2.00. The fourth-order valence-corrected chi connectivity index (χ4v) is 1.08. The number of ether oxygens (including phenoxy) is 1. The maximum Gasteiger partial charge on any atom is 0.236 e. The van der Waals surface area contributed by atoms with Gasteiger partial charge in [0, 0.05) is 27.2 Å². The molecule has 0 aromatic heterocycles. The van der Waals surface area contributed by atoms with Crippen LogP contribution in [0.2, 0.25) is 0 Å². The molecule has 0 atom stereocenters. The lowest BCUT2D eigenvalue weighted by atomic mass is 10.1. The van der Waals surface area contributed by atoms with Crippen LogP contribution in [0.15, 0.2) is 0 Å². The number of amides is 1. The van der Waals surface area contributed by atoms with Crippen LogP contribution in [0, 0.1) is 5.92 Å². The van der Waals surface area contributed by atoms with E-state index in [0.717, 1.165) is 19.5 Å². The molecule has 0 saturated heterocycles. The Hall–Kier alpha value is -0.610. The molecule has 0 aliphatic heterocycles. The molecule has 0 unspecified atom stereocenters. The molecule has 1 N–H and O–H groups in total. The number of nitrogens with zero attached hydrogens (tertiary/aromatic N) is 1. The third kappa shape index (κ3) is 8.39. The second kappa shape index (κ2) is 8.68. The van der Waals surface area contributed by atoms with Crippen molar-refractivity contribution in [2.45, 2.75) is 20.3 Å². The molecule has 4 heteroatoms. The van der Waals surface area contributed by atoms with Gasteiger partial charge in [-0.05, 0) is 12.3 Å². The van der Waals surface area contributed by atoms with Crippen molar-refractivity contribution in [3.05, 3.63) is 0 Å². The summed E-state index contributed by atoms with van der Waals surface area (Å²) in [5, 5.41) is 3.04. The zero-order chi connectivity index (χ0) is 11.7. The largest absolute Gasteiger partial charge is 0.383 e. The van der Waals surface area contributed by atoms with Crippen molar-refractivity contribution in [2.75, 3.05) is 40.4 Å². The standard InChI is InChI=1S/C11H24N2O2/c1-10(2)5-7-13(3)11(14)9-12-6-8-15-4/h10,12H,5-9H2,1-4H3. The fraction of sp³-hybridized carbons (Fsp3) is 0.909. The molecule has 90 valence electrons. The molecule has 0 spiro atoms. The Labute approximate surface area is 93.0 Å². The summed E-state index contributed by atoms with van der Waals surface area (Å²) in [6.07, 6.45) is 1.06. The van der Waals surface area contributed by atoms with Crippen LogP contribution in [0.1, 0.15) is 20.3 Å². The van der Waals surface area contributed by atoms with Gasteiger partial charge in [-0.25, -0.2) is 0 Å². The van der Waals surface area contributed by atoms with Crippen LogP contribution < -0.4 is 5.32 Å². The van der Waals surface area contributed by atoms with E-state index in [4.69, 9.17) is 4.74 Å². The van der Waals surface area contributed by atoms with Crippen LogP contribution in [0.25, 0.3) is 0 Å². The number of carbonyl (C=O) groups excluding carboxylic acids is 1. The molecule has 0 bridgehead atoms. The van der Waals surface area contributed by atoms with Crippen LogP contribution in [-0.2, 0) is 9.53 Å². The zero-order valence-corrected chi connectivity index (χ0v) is 10.4. The van der Waals surface area contributed by atoms with Crippen LogP contribution in [0.3, 0.4) is 0 Å². The maximum absolute atomic E-state index is 11.5. The maximum atomic E-state index is 11.5. The molecule has 0 aromatic carbocycles. The van der Waals surface area contributed by atoms with E-state index in [-0.39, 0.29) is 5.91 Å². The van der Waals surface area contributed by atoms with E-state index in [1.54, 1.807) is 12.0 Å². The molecule has 4 nitrogen and oxygen atoms in total. The van der Waals surface area contributed by atoms with E-state index in [2.05, 4.69) is 19.2 Å². The lowest BCUT2D eigenvalue weighted by Crippen LogP contribution is -2.37. The lowest BCUT2D eigenvalue weighted by Gasteiger charge is -2.18. The number of likely N-dealkylation sites (N-methyl/N-ethyl adjacent to an activating group) is 1. The Kier molecular flexibility index (Phi) is 8.33. The van der Waals surface area contributed by atoms with Gasteiger partial charge in [-0.3, -0.25) is 4.79 Å². The van der Waals surface area contributed by atoms with Crippen molar-refractivity contribution >= 4 is 5.91 Å². The highest BCUT2D eigenvalue weighted by Gasteiger charge is 2.07. The average molecular weight is 216 g/mol. The lowest BCUT2D eigenvalue weighted by molar-refractivity contribution is -0.129. The summed E-state index contributed by atoms with van der Waals surface area (Å²) in [7, 11) is 3.50. The third-order valence-corrected chi connectivity index (χ3v) is 2.23. The Balaban J connectivity index is 3.51. The number of carbonyl (C=O) groups is 1. The number of nitrogens with one attached hydrogen (secondary N) is 1. The summed E-state index contributed by atoms with van der Waals surface area (Å²) in [5.41, 5.74) is 0. The van der Waals surface area contributed by atoms with Crippen molar-refractivity contribution in [3.63, 3.8) is 0 Å². The number of hydrogen-bond acceptors (Lipinski definition) is 3. The molecule has 0 aliphatic rings. The molecule has 0 fully saturated rings. The molecule has 0 saturated carbocycles. The minimum Gasteiger partial charge on any atom is -0.383 e. The summed E-state index contributed by atoms with van der Waals surface area (Å²) < 4.78 is 4.88. The van der Waals surface area contributed by atoms with Gasteiger partial charge in [0.05, 0.1) is 13.2 Å². The van der Waals surface area contributed by atoms with E-state index in [1.807, 2.05) is 7.05 Å². The van der Waals surface area contributed by atoms with Crippen molar-refractivity contribution in [1.82, 2.24) is 10.2 Å². The van der Waals surface area contributed by atoms with Gasteiger partial charge in [-0.15, -0.1) is 0 Å². The number of methoxy groups -OCH3 is 1. The Morgan fingerprint density at radius 1 is 1.47 bits per heavy atom. The quantitative estimate of drug-likeness (QED) is 0.608. The van der Waals surface area contributed by atoms with Gasteiger partial charge >= 0.3 is 0 Å². The van der Waals surface area contributed by atoms with Gasteiger partial charge in [0.1, 0.15) is 0 Å². The fourth-order valence-electron chi connectivity index (χ4n) is 1.08. The normalized spacial score (nSPS) is 10.7. The highest BCUT2D eigenvalue weighted by molar-refractivity contribution is 5.77. The molecule has 0 aliphatic carbocycles. The van der Waals surface area contributed by atoms with Gasteiger partial charge < -0.3 is 15.0 Å². The van der Waals surface area contributed by atoms with Crippen molar-refractivity contribution in [1.29, 1.82) is 0 Å². The van der Waals surface area contributed by atoms with Gasteiger partial charge in [0.25, 0.3) is 0 Å². The molecule has 0 radical (unpaired) electrons. The third-order valence-electron chi connectivity index (χ3n) is 2.23. The van der Waals surface area contributed by atoms with Crippen LogP contribution in [-0.4, -0.2) is 51.2 Å². The first kappa shape index (κ1) is 14.4. The minimum absolute atomic E-state index is 0.145. The zero-order valence-electron chi connectivity index (χ0n) is 10.4. The van der Waals surface area contributed by atoms with Crippen molar-refractivity contribution < 1.29 is 9.53 Å². The van der Waals surface area contributed by atoms with E-state index in [1.165, 1.54) is 0 Å². The first-order valence-electron chi connectivity index (χ1n) is 5.51. The smallest absolute Gasteiger partial charge is 0.236 e. The van der Waals surface area contributed by atoms with Crippen LogP contribution in [0.5, 0.6) is 0 Å². The molecule has 0 rings (SSSR count). The van der Waals surface area contributed by atoms with E-state index < -0.39 is 0 Å². The summed E-state index contributed by atoms with van der Waals surface area (Å²) >= 11 is 0. The van der Waals surface area contributed by atoms with Crippen molar-refractivity contribution in [3.8, 4) is 0 Å². The summed E-state index contributed by atoms with van der Waals surface area (Å²) in [6, 6.07) is 0. The van der Waals surface area contributed by atoms with Crippen molar-refractivity contribution in [2.24, 2.45) is 5.92 Å². The molecule has 0 heterocycles. The predicted octanol–water partition coefficient (Wildman–Crippen LogP) is 0.727. The molecule has 15 heavy (non-hydrogen) atoms. The van der Waals surface area contributed by atoms with Crippen LogP contribution in [0.4, 0.5) is 0 Å². The van der Waals surface area contributed by atoms with Gasteiger partial charge in [-0.1, -0.05) is 13.8 Å². The molecule has 0 aromatic rings. The Morgan fingerprint density at radius 2 is 2.13 bits per heavy atom. The monoisotopic (exact) mass is 216 g/mol. The van der Waals surface area contributed by atoms with E-state index in [0.29, 0.717) is 19.1 Å². The molecule has 1 amide bonds. The van der Waals surface area contributed by atoms with Gasteiger partial charge in [-0.2, -0.15) is 0 Å². The Bertz CT molecular complexity index is 172. The average Bonchev–Trinajstić information content (AvgIpc) is 2.20. The second-order valence-electron chi connectivity index (χ2n) is 4.17. The second-order valence-corrected chi connectivity index (χ2v) is 4.17. The van der Waals surface area contributed by atoms with Gasteiger partial charge in [0.2, 0.25) is 5.91 Å². The molecular formula is C11H24N2O2. The summed E-state index contributed by atoms with van der Waals surface area (Å²) in [4.78, 5) is 13.3. The van der Waals surface area contributed by atoms with E-state index >= 15 is 0 Å². The van der Waals surface area contributed by atoms with E-state index in [9.17, 15) is 4.79 Å². The minimum atomic E-state index is 0.145. The number of rotatable bonds is 8. The Morgan fingerprint density at radius 3 is 2.67 bits per heavy atom. The first-order valence-corrected chi connectivity index (χ1v) is 5.51. The number of hydrogen-bond donors (Lipinski definition) is 1.